The molecule has 0 unspecified atom stereocenters. The van der Waals surface area contributed by atoms with Gasteiger partial charge in [-0.1, -0.05) is 6.07 Å². The van der Waals surface area contributed by atoms with Gasteiger partial charge in [-0.05, 0) is 17.7 Å². The van der Waals surface area contributed by atoms with E-state index in [2.05, 4.69) is 4.98 Å². The number of oxazole rings is 1. The van der Waals surface area contributed by atoms with Crippen LogP contribution in [0.5, 0.6) is 0 Å². The Morgan fingerprint density at radius 1 is 1.24 bits per heavy atom. The Morgan fingerprint density at radius 2 is 1.92 bits per heavy atom. The van der Waals surface area contributed by atoms with Gasteiger partial charge in [-0.25, -0.2) is 4.98 Å². The summed E-state index contributed by atoms with van der Waals surface area (Å²) in [5.74, 6) is 0.582. The van der Waals surface area contributed by atoms with Crippen molar-refractivity contribution in [3.8, 4) is 0 Å². The van der Waals surface area contributed by atoms with Gasteiger partial charge < -0.3 is 9.32 Å². The first-order valence-electron chi connectivity index (χ1n) is 8.09. The van der Waals surface area contributed by atoms with Crippen LogP contribution in [0.1, 0.15) is 11.5 Å². The van der Waals surface area contributed by atoms with Crippen LogP contribution in [0, 0.1) is 6.92 Å². The van der Waals surface area contributed by atoms with Gasteiger partial charge in [0.15, 0.2) is 11.5 Å². The number of carbonyl (C=O) groups excluding carboxylic acids is 1. The maximum Gasteiger partial charge on any atom is 0.281 e. The molecule has 1 aliphatic heterocycles. The Morgan fingerprint density at radius 3 is 2.56 bits per heavy atom. The molecule has 0 N–H and O–H groups in total. The number of nitrogens with zero attached hydrogens (tertiary/aromatic N) is 4. The molecule has 0 saturated carbocycles. The van der Waals surface area contributed by atoms with E-state index >= 15 is 0 Å². The molecule has 9 heteroatoms. The van der Waals surface area contributed by atoms with Crippen LogP contribution in [0.4, 0.5) is 0 Å². The molecule has 0 aliphatic carbocycles. The predicted octanol–water partition coefficient (Wildman–Crippen LogP) is 0.629. The second-order valence-electron chi connectivity index (χ2n) is 6.28. The summed E-state index contributed by atoms with van der Waals surface area (Å²) in [6.45, 7) is 3.21. The molecular formula is C16H22N4O4S. The standard InChI is InChI=1S/C16H22N4O4S/c1-12-17-14-10-13(4-5-15(14)24-12)11-16(21)19-6-8-20(9-7-19)25(22,23)18(2)3/h4-5,10H,6-9,11H2,1-3H3. The van der Waals surface area contributed by atoms with Gasteiger partial charge >= 0.3 is 0 Å². The van der Waals surface area contributed by atoms with E-state index in [1.54, 1.807) is 11.8 Å². The van der Waals surface area contributed by atoms with Crippen molar-refractivity contribution < 1.29 is 17.6 Å². The zero-order chi connectivity index (χ0) is 18.2. The van der Waals surface area contributed by atoms with Crippen LogP contribution in [0.2, 0.25) is 0 Å². The Balaban J connectivity index is 1.62. The summed E-state index contributed by atoms with van der Waals surface area (Å²) in [7, 11) is -0.403. The second kappa shape index (κ2) is 6.74. The van der Waals surface area contributed by atoms with E-state index in [-0.39, 0.29) is 12.3 Å². The van der Waals surface area contributed by atoms with Gasteiger partial charge in [0.25, 0.3) is 10.2 Å². The molecule has 1 aromatic carbocycles. The first-order chi connectivity index (χ1) is 11.8. The number of aromatic nitrogens is 1. The first kappa shape index (κ1) is 17.8. The molecular weight excluding hydrogens is 344 g/mol. The summed E-state index contributed by atoms with van der Waals surface area (Å²) >= 11 is 0. The molecule has 0 radical (unpaired) electrons. The Bertz CT molecular complexity index is 883. The van der Waals surface area contributed by atoms with Crippen LogP contribution in [-0.4, -0.2) is 73.1 Å². The lowest BCUT2D eigenvalue weighted by molar-refractivity contribution is -0.131. The van der Waals surface area contributed by atoms with E-state index in [9.17, 15) is 13.2 Å². The van der Waals surface area contributed by atoms with Gasteiger partial charge in [-0.3, -0.25) is 4.79 Å². The number of benzene rings is 1. The van der Waals surface area contributed by atoms with Crippen LogP contribution < -0.4 is 0 Å². The number of aryl methyl sites for hydroxylation is 1. The molecule has 0 spiro atoms. The average Bonchev–Trinajstić information content (AvgIpc) is 2.94. The van der Waals surface area contributed by atoms with Crippen molar-refractivity contribution in [2.45, 2.75) is 13.3 Å². The number of hydrogen-bond acceptors (Lipinski definition) is 5. The van der Waals surface area contributed by atoms with Crippen LogP contribution in [0.15, 0.2) is 22.6 Å². The van der Waals surface area contributed by atoms with Crippen LogP contribution in [-0.2, 0) is 21.4 Å². The highest BCUT2D eigenvalue weighted by Gasteiger charge is 2.30. The maximum absolute atomic E-state index is 12.5. The summed E-state index contributed by atoms with van der Waals surface area (Å²) in [6.07, 6.45) is 0.266. The van der Waals surface area contributed by atoms with Crippen LogP contribution in [0.25, 0.3) is 11.1 Å². The summed E-state index contributed by atoms with van der Waals surface area (Å²) in [6, 6.07) is 5.54. The highest BCUT2D eigenvalue weighted by atomic mass is 32.2. The van der Waals surface area contributed by atoms with Crippen molar-refractivity contribution in [3.05, 3.63) is 29.7 Å². The highest BCUT2D eigenvalue weighted by Crippen LogP contribution is 2.18. The molecule has 2 heterocycles. The van der Waals surface area contributed by atoms with Crippen molar-refractivity contribution in [2.24, 2.45) is 0 Å². The van der Waals surface area contributed by atoms with E-state index in [0.29, 0.717) is 37.7 Å². The van der Waals surface area contributed by atoms with E-state index in [0.717, 1.165) is 11.1 Å². The Kier molecular flexibility index (Phi) is 4.81. The fourth-order valence-corrected chi connectivity index (χ4v) is 3.97. The van der Waals surface area contributed by atoms with Crippen molar-refractivity contribution in [1.82, 2.24) is 18.5 Å². The molecule has 1 fully saturated rings. The van der Waals surface area contributed by atoms with Crippen molar-refractivity contribution in [1.29, 1.82) is 0 Å². The maximum atomic E-state index is 12.5. The molecule has 136 valence electrons. The van der Waals surface area contributed by atoms with E-state index in [1.165, 1.54) is 22.7 Å². The lowest BCUT2D eigenvalue weighted by atomic mass is 10.1. The Labute approximate surface area is 147 Å². The lowest BCUT2D eigenvalue weighted by Crippen LogP contribution is -2.53. The second-order valence-corrected chi connectivity index (χ2v) is 8.42. The monoisotopic (exact) mass is 366 g/mol. The highest BCUT2D eigenvalue weighted by molar-refractivity contribution is 7.86. The van der Waals surface area contributed by atoms with E-state index in [1.807, 2.05) is 18.2 Å². The Hall–Kier alpha value is -1.97. The molecule has 1 aliphatic rings. The summed E-state index contributed by atoms with van der Waals surface area (Å²) in [5.41, 5.74) is 2.31. The molecule has 3 rings (SSSR count). The number of rotatable bonds is 4. The number of fused-ring (bicyclic) bond motifs is 1. The largest absolute Gasteiger partial charge is 0.441 e. The summed E-state index contributed by atoms with van der Waals surface area (Å²) < 4.78 is 32.3. The van der Waals surface area contributed by atoms with E-state index < -0.39 is 10.2 Å². The van der Waals surface area contributed by atoms with E-state index in [4.69, 9.17) is 4.42 Å². The fourth-order valence-electron chi connectivity index (χ4n) is 2.88. The first-order valence-corrected chi connectivity index (χ1v) is 9.48. The smallest absolute Gasteiger partial charge is 0.281 e. The molecule has 25 heavy (non-hydrogen) atoms. The average molecular weight is 366 g/mol. The third kappa shape index (κ3) is 3.68. The molecule has 1 aromatic heterocycles. The number of hydrogen-bond donors (Lipinski definition) is 0. The van der Waals surface area contributed by atoms with Crippen LogP contribution >= 0.6 is 0 Å². The number of piperazine rings is 1. The predicted molar refractivity (Wildman–Crippen MR) is 93.2 cm³/mol. The topological polar surface area (TPSA) is 87.0 Å². The molecule has 8 nitrogen and oxygen atoms in total. The summed E-state index contributed by atoms with van der Waals surface area (Å²) in [5, 5.41) is 0. The van der Waals surface area contributed by atoms with Crippen LogP contribution in [0.3, 0.4) is 0 Å². The number of amides is 1. The minimum atomic E-state index is -3.42. The third-order valence-corrected chi connectivity index (χ3v) is 6.23. The van der Waals surface area contributed by atoms with Crippen molar-refractivity contribution in [2.75, 3.05) is 40.3 Å². The normalized spacial score (nSPS) is 16.7. The fraction of sp³-hybridized carbons (Fsp3) is 0.500. The zero-order valence-electron chi connectivity index (χ0n) is 14.6. The third-order valence-electron chi connectivity index (χ3n) is 4.29. The molecule has 0 bridgehead atoms. The quantitative estimate of drug-likeness (QED) is 0.792. The molecule has 0 atom stereocenters. The molecule has 2 aromatic rings. The summed E-state index contributed by atoms with van der Waals surface area (Å²) in [4.78, 5) is 18.5. The SMILES string of the molecule is Cc1nc2cc(CC(=O)N3CCN(S(=O)(=O)N(C)C)CC3)ccc2o1. The van der Waals surface area contributed by atoms with Gasteiger partial charge in [-0.15, -0.1) is 0 Å². The van der Waals surface area contributed by atoms with Gasteiger partial charge in [0.05, 0.1) is 6.42 Å². The van der Waals surface area contributed by atoms with Crippen molar-refractivity contribution >= 4 is 27.2 Å². The van der Waals surface area contributed by atoms with Gasteiger partial charge in [-0.2, -0.15) is 17.0 Å². The van der Waals surface area contributed by atoms with Gasteiger partial charge in [0.1, 0.15) is 5.52 Å². The minimum Gasteiger partial charge on any atom is -0.441 e. The number of carbonyl (C=O) groups is 1. The molecule has 1 saturated heterocycles. The lowest BCUT2D eigenvalue weighted by Gasteiger charge is -2.35. The van der Waals surface area contributed by atoms with Gasteiger partial charge in [0.2, 0.25) is 5.91 Å². The molecule has 1 amide bonds. The van der Waals surface area contributed by atoms with Crippen molar-refractivity contribution in [3.63, 3.8) is 0 Å². The minimum absolute atomic E-state index is 0.0125. The van der Waals surface area contributed by atoms with Gasteiger partial charge in [0, 0.05) is 47.2 Å². The zero-order valence-corrected chi connectivity index (χ0v) is 15.4.